The van der Waals surface area contributed by atoms with E-state index >= 15 is 0 Å². The van der Waals surface area contributed by atoms with E-state index in [0.29, 0.717) is 5.69 Å². The van der Waals surface area contributed by atoms with Gasteiger partial charge >= 0.3 is 0 Å². The molecule has 1 atom stereocenters. The molecule has 1 fully saturated rings. The molecule has 2 aromatic carbocycles. The van der Waals surface area contributed by atoms with E-state index in [-0.39, 0.29) is 23.8 Å². The molecule has 160 valence electrons. The van der Waals surface area contributed by atoms with Gasteiger partial charge in [-0.05, 0) is 36.4 Å². The molecule has 0 radical (unpaired) electrons. The van der Waals surface area contributed by atoms with Gasteiger partial charge in [0.1, 0.15) is 16.0 Å². The summed E-state index contributed by atoms with van der Waals surface area (Å²) in [5.41, 5.74) is 0.398. The molecule has 8 nitrogen and oxygen atoms in total. The lowest BCUT2D eigenvalue weighted by Gasteiger charge is -2.30. The van der Waals surface area contributed by atoms with Crippen molar-refractivity contribution in [3.8, 4) is 0 Å². The van der Waals surface area contributed by atoms with Gasteiger partial charge < -0.3 is 5.32 Å². The fourth-order valence-electron chi connectivity index (χ4n) is 3.15. The SMILES string of the molecule is CC(=O)Nc1ccc(S(=O)(=O)N2CCC(=O)C(S(=O)(=O)c3ccccc3F)C2)cc1. The fraction of sp³-hybridized carbons (Fsp3) is 0.263. The number of sulfonamides is 1. The number of halogens is 1. The number of benzene rings is 2. The zero-order chi connectivity index (χ0) is 22.1. The fourth-order valence-corrected chi connectivity index (χ4v) is 6.46. The lowest BCUT2D eigenvalue weighted by atomic mass is 10.1. The van der Waals surface area contributed by atoms with E-state index in [1.807, 2.05) is 0 Å². The average molecular weight is 455 g/mol. The van der Waals surface area contributed by atoms with Gasteiger partial charge in [0.05, 0.1) is 4.90 Å². The normalized spacial score (nSPS) is 18.2. The summed E-state index contributed by atoms with van der Waals surface area (Å²) in [6, 6.07) is 10.0. The van der Waals surface area contributed by atoms with Gasteiger partial charge in [-0.1, -0.05) is 12.1 Å². The first-order valence-electron chi connectivity index (χ1n) is 8.92. The second kappa shape index (κ2) is 8.25. The highest BCUT2D eigenvalue weighted by atomic mass is 32.2. The molecule has 0 saturated carbocycles. The molecule has 0 bridgehead atoms. The van der Waals surface area contributed by atoms with Crippen LogP contribution >= 0.6 is 0 Å². The standard InChI is InChI=1S/C19H19FN2O6S2/c1-13(23)21-14-6-8-15(9-7-14)30(27,28)22-11-10-17(24)19(12-22)29(25,26)18-5-3-2-4-16(18)20/h2-9,19H,10-12H2,1H3,(H,21,23). The number of piperidine rings is 1. The van der Waals surface area contributed by atoms with Crippen molar-refractivity contribution >= 4 is 37.2 Å². The van der Waals surface area contributed by atoms with Crippen LogP contribution in [0.4, 0.5) is 10.1 Å². The molecule has 1 amide bonds. The summed E-state index contributed by atoms with van der Waals surface area (Å²) in [7, 11) is -8.52. The minimum Gasteiger partial charge on any atom is -0.326 e. The Bertz CT molecular complexity index is 1190. The maximum Gasteiger partial charge on any atom is 0.243 e. The lowest BCUT2D eigenvalue weighted by molar-refractivity contribution is -0.120. The lowest BCUT2D eigenvalue weighted by Crippen LogP contribution is -2.50. The van der Waals surface area contributed by atoms with Crippen LogP contribution in [-0.2, 0) is 29.4 Å². The zero-order valence-corrected chi connectivity index (χ0v) is 17.5. The first-order valence-corrected chi connectivity index (χ1v) is 11.9. The number of nitrogens with one attached hydrogen (secondary N) is 1. The Morgan fingerprint density at radius 2 is 1.70 bits per heavy atom. The summed E-state index contributed by atoms with van der Waals surface area (Å²) in [5.74, 6) is -1.98. The third-order valence-electron chi connectivity index (χ3n) is 4.67. The molecular formula is C19H19FN2O6S2. The number of carbonyl (C=O) groups excluding carboxylic acids is 2. The van der Waals surface area contributed by atoms with E-state index in [1.54, 1.807) is 0 Å². The van der Waals surface area contributed by atoms with E-state index in [0.717, 1.165) is 16.4 Å². The second-order valence-electron chi connectivity index (χ2n) is 6.75. The van der Waals surface area contributed by atoms with Gasteiger partial charge in [-0.3, -0.25) is 9.59 Å². The van der Waals surface area contributed by atoms with E-state index in [4.69, 9.17) is 0 Å². The van der Waals surface area contributed by atoms with Crippen LogP contribution in [0.1, 0.15) is 13.3 Å². The van der Waals surface area contributed by atoms with Crippen molar-refractivity contribution in [3.05, 3.63) is 54.3 Å². The maximum atomic E-state index is 14.0. The molecule has 30 heavy (non-hydrogen) atoms. The van der Waals surface area contributed by atoms with Gasteiger partial charge in [0.15, 0.2) is 15.6 Å². The third kappa shape index (κ3) is 4.27. The van der Waals surface area contributed by atoms with Crippen LogP contribution in [0, 0.1) is 5.82 Å². The van der Waals surface area contributed by atoms with Crippen molar-refractivity contribution in [1.29, 1.82) is 0 Å². The third-order valence-corrected chi connectivity index (χ3v) is 8.65. The number of hydrogen-bond donors (Lipinski definition) is 1. The predicted molar refractivity (Wildman–Crippen MR) is 107 cm³/mol. The van der Waals surface area contributed by atoms with Gasteiger partial charge in [0, 0.05) is 32.1 Å². The molecule has 1 aliphatic heterocycles. The largest absolute Gasteiger partial charge is 0.326 e. The minimum absolute atomic E-state index is 0.118. The van der Waals surface area contributed by atoms with Crippen LogP contribution in [0.25, 0.3) is 0 Å². The summed E-state index contributed by atoms with van der Waals surface area (Å²) in [4.78, 5) is 22.7. The van der Waals surface area contributed by atoms with Crippen molar-refractivity contribution in [1.82, 2.24) is 4.31 Å². The van der Waals surface area contributed by atoms with Gasteiger partial charge in [-0.15, -0.1) is 0 Å². The molecule has 0 aromatic heterocycles. The van der Waals surface area contributed by atoms with E-state index in [2.05, 4.69) is 5.32 Å². The number of anilines is 1. The molecule has 11 heteroatoms. The number of amides is 1. The number of hydrogen-bond acceptors (Lipinski definition) is 6. The number of carbonyl (C=O) groups is 2. The van der Waals surface area contributed by atoms with Crippen LogP contribution < -0.4 is 5.32 Å². The molecule has 0 spiro atoms. The Morgan fingerprint density at radius 3 is 2.30 bits per heavy atom. The highest BCUT2D eigenvalue weighted by molar-refractivity contribution is 7.93. The molecule has 3 rings (SSSR count). The van der Waals surface area contributed by atoms with E-state index < -0.39 is 48.2 Å². The van der Waals surface area contributed by atoms with Gasteiger partial charge in [0.2, 0.25) is 15.9 Å². The summed E-state index contributed by atoms with van der Waals surface area (Å²) < 4.78 is 66.6. The number of ketones is 1. The predicted octanol–water partition coefficient (Wildman–Crippen LogP) is 1.59. The van der Waals surface area contributed by atoms with Crippen molar-refractivity contribution in [2.45, 2.75) is 28.4 Å². The van der Waals surface area contributed by atoms with Crippen molar-refractivity contribution in [3.63, 3.8) is 0 Å². The summed E-state index contributed by atoms with van der Waals surface area (Å²) >= 11 is 0. The zero-order valence-electron chi connectivity index (χ0n) is 15.9. The Labute approximate surface area is 173 Å². The number of Topliss-reactive ketones (excluding diaryl/α,β-unsaturated/α-hetero) is 1. The number of sulfone groups is 1. The molecule has 1 unspecified atom stereocenters. The average Bonchev–Trinajstić information content (AvgIpc) is 2.68. The van der Waals surface area contributed by atoms with E-state index in [9.17, 15) is 30.8 Å². The molecule has 2 aromatic rings. The summed E-state index contributed by atoms with van der Waals surface area (Å²) in [6.45, 7) is 0.523. The molecule has 1 N–H and O–H groups in total. The van der Waals surface area contributed by atoms with Crippen LogP contribution in [0.5, 0.6) is 0 Å². The summed E-state index contributed by atoms with van der Waals surface area (Å²) in [6.07, 6.45) is -0.304. The van der Waals surface area contributed by atoms with Crippen LogP contribution in [0.3, 0.4) is 0 Å². The quantitative estimate of drug-likeness (QED) is 0.733. The molecular weight excluding hydrogens is 435 g/mol. The summed E-state index contributed by atoms with van der Waals surface area (Å²) in [5, 5.41) is 0.815. The highest BCUT2D eigenvalue weighted by Crippen LogP contribution is 2.27. The molecule has 1 aliphatic rings. The van der Waals surface area contributed by atoms with Gasteiger partial charge in [0.25, 0.3) is 0 Å². The number of nitrogens with zero attached hydrogens (tertiary/aromatic N) is 1. The van der Waals surface area contributed by atoms with E-state index in [1.165, 1.54) is 43.3 Å². The Hall–Kier alpha value is -2.63. The maximum absolute atomic E-state index is 14.0. The molecule has 1 saturated heterocycles. The Morgan fingerprint density at radius 1 is 1.07 bits per heavy atom. The van der Waals surface area contributed by atoms with Gasteiger partial charge in [-0.2, -0.15) is 4.31 Å². The molecule has 0 aliphatic carbocycles. The monoisotopic (exact) mass is 454 g/mol. The van der Waals surface area contributed by atoms with Gasteiger partial charge in [-0.25, -0.2) is 21.2 Å². The first kappa shape index (κ1) is 22.1. The Kier molecular flexibility index (Phi) is 6.06. The van der Waals surface area contributed by atoms with Crippen molar-refractivity contribution < 1.29 is 30.8 Å². The topological polar surface area (TPSA) is 118 Å². The molecule has 1 heterocycles. The van der Waals surface area contributed by atoms with Crippen LogP contribution in [-0.4, -0.2) is 51.2 Å². The van der Waals surface area contributed by atoms with Crippen LogP contribution in [0.15, 0.2) is 58.3 Å². The minimum atomic E-state index is -4.42. The second-order valence-corrected chi connectivity index (χ2v) is 10.8. The number of rotatable bonds is 5. The smallest absolute Gasteiger partial charge is 0.243 e. The first-order chi connectivity index (χ1) is 14.0. The van der Waals surface area contributed by atoms with Crippen molar-refractivity contribution in [2.75, 3.05) is 18.4 Å². The Balaban J connectivity index is 1.90. The van der Waals surface area contributed by atoms with Crippen LogP contribution in [0.2, 0.25) is 0 Å². The highest BCUT2D eigenvalue weighted by Gasteiger charge is 2.42. The van der Waals surface area contributed by atoms with Crippen molar-refractivity contribution in [2.24, 2.45) is 0 Å².